The lowest BCUT2D eigenvalue weighted by Crippen LogP contribution is -2.38. The number of aliphatic imine (C=N–C) groups is 1. The van der Waals surface area contributed by atoms with E-state index in [1.165, 1.54) is 0 Å². The molecule has 12 nitrogen and oxygen atoms in total. The van der Waals surface area contributed by atoms with Crippen LogP contribution in [0.4, 0.5) is 20.3 Å². The van der Waals surface area contributed by atoms with Crippen molar-refractivity contribution in [3.05, 3.63) is 21.5 Å². The predicted molar refractivity (Wildman–Crippen MR) is 150 cm³/mol. The van der Waals surface area contributed by atoms with E-state index in [0.717, 1.165) is 11.3 Å². The molecule has 4 heterocycles. The molecule has 2 bridgehead atoms. The Morgan fingerprint density at radius 3 is 2.51 bits per heavy atom. The van der Waals surface area contributed by atoms with Crippen LogP contribution in [0, 0.1) is 0 Å². The van der Waals surface area contributed by atoms with Crippen LogP contribution in [0.3, 0.4) is 0 Å². The molecule has 2 saturated heterocycles. The fourth-order valence-electron chi connectivity index (χ4n) is 4.67. The van der Waals surface area contributed by atoms with Crippen LogP contribution in [0.5, 0.6) is 0 Å². The molecule has 2 aromatic heterocycles. The van der Waals surface area contributed by atoms with Gasteiger partial charge in [0.1, 0.15) is 21.8 Å². The van der Waals surface area contributed by atoms with Gasteiger partial charge in [0.05, 0.1) is 29.4 Å². The minimum absolute atomic E-state index is 0.0330. The number of carbonyl (C=O) groups is 3. The average Bonchev–Trinajstić information content (AvgIpc) is 3.43. The smallest absolute Gasteiger partial charge is 0.434 e. The highest BCUT2D eigenvalue weighted by molar-refractivity contribution is 9.11. The zero-order valence-electron chi connectivity index (χ0n) is 23.0. The number of aryl methyl sites for hydroxylation is 1. The van der Waals surface area contributed by atoms with E-state index in [4.69, 9.17) is 14.2 Å². The van der Waals surface area contributed by atoms with Crippen LogP contribution in [0.25, 0.3) is 0 Å². The summed E-state index contributed by atoms with van der Waals surface area (Å²) < 4.78 is 19.2. The lowest BCUT2D eigenvalue weighted by atomic mass is 9.89. The number of carbonyl (C=O) groups excluding carboxylic acids is 3. The summed E-state index contributed by atoms with van der Waals surface area (Å²) in [5.41, 5.74) is -0.150. The second-order valence-corrected chi connectivity index (χ2v) is 13.8. The van der Waals surface area contributed by atoms with E-state index in [-0.39, 0.29) is 16.8 Å². The molecule has 2 atom stereocenters. The van der Waals surface area contributed by atoms with Gasteiger partial charge in [-0.25, -0.2) is 14.6 Å². The van der Waals surface area contributed by atoms with Crippen molar-refractivity contribution >= 4 is 61.8 Å². The number of amides is 3. The van der Waals surface area contributed by atoms with E-state index in [2.05, 4.69) is 41.6 Å². The normalized spacial score (nSPS) is 22.1. The molecule has 0 aliphatic carbocycles. The van der Waals surface area contributed by atoms with Gasteiger partial charge in [0.15, 0.2) is 9.61 Å². The van der Waals surface area contributed by atoms with Crippen molar-refractivity contribution in [2.75, 3.05) is 10.6 Å². The second kappa shape index (κ2) is 10.6. The molecule has 2 aliphatic rings. The van der Waals surface area contributed by atoms with Crippen LogP contribution in [-0.2, 0) is 26.9 Å². The number of halogens is 1. The summed E-state index contributed by atoms with van der Waals surface area (Å²) in [6.45, 7) is 10.6. The van der Waals surface area contributed by atoms with Crippen LogP contribution >= 0.6 is 27.3 Å². The minimum Gasteiger partial charge on any atom is -0.444 e. The first-order valence-corrected chi connectivity index (χ1v) is 14.1. The van der Waals surface area contributed by atoms with Crippen molar-refractivity contribution in [1.29, 1.82) is 0 Å². The standard InChI is InChI=1S/C25H33BrN6O6S/c1-23(2,3)37-21(34)29-13-8-10-25(11-9-15(13)36-25)17-14(12-27-32(17)7)28-18(33)16-19(39-20(26)30-16)31-22(35)38-24(4,5)6/h12,15H,8-11H2,1-7H3,(H,28,33)(H,31,35)/t15-,25-/m1/s1. The number of aromatic nitrogens is 3. The lowest BCUT2D eigenvalue weighted by Gasteiger charge is -2.35. The summed E-state index contributed by atoms with van der Waals surface area (Å²) in [7, 11) is 1.79. The van der Waals surface area contributed by atoms with Gasteiger partial charge >= 0.3 is 12.2 Å². The molecular formula is C25H33BrN6O6S. The van der Waals surface area contributed by atoms with E-state index in [9.17, 15) is 14.4 Å². The first kappa shape index (κ1) is 29.2. The average molecular weight is 626 g/mol. The molecule has 0 saturated carbocycles. The number of nitrogens with one attached hydrogen (secondary N) is 2. The largest absolute Gasteiger partial charge is 0.444 e. The Labute approximate surface area is 239 Å². The zero-order chi connectivity index (χ0) is 28.8. The lowest BCUT2D eigenvalue weighted by molar-refractivity contribution is -0.0447. The Hall–Kier alpha value is -2.84. The van der Waals surface area contributed by atoms with Crippen LogP contribution in [0.1, 0.15) is 83.4 Å². The van der Waals surface area contributed by atoms with Crippen LogP contribution in [0.2, 0.25) is 0 Å². The van der Waals surface area contributed by atoms with Gasteiger partial charge < -0.3 is 19.5 Å². The van der Waals surface area contributed by atoms with Crippen LogP contribution in [-0.4, -0.2) is 55.9 Å². The molecule has 2 fully saturated rings. The molecule has 2 N–H and O–H groups in total. The number of fused-ring (bicyclic) bond motifs is 2. The summed E-state index contributed by atoms with van der Waals surface area (Å²) in [5, 5.41) is 10.1. The molecule has 3 amide bonds. The van der Waals surface area contributed by atoms with Crippen molar-refractivity contribution in [3.8, 4) is 0 Å². The third-order valence-corrected chi connectivity index (χ3v) is 7.43. The third-order valence-electron chi connectivity index (χ3n) is 6.01. The quantitative estimate of drug-likeness (QED) is 0.435. The Kier molecular flexibility index (Phi) is 7.94. The summed E-state index contributed by atoms with van der Waals surface area (Å²) in [4.78, 5) is 46.3. The molecular weight excluding hydrogens is 592 g/mol. The SMILES string of the molecule is Cn1ncc(NC(=O)c2nc(Br)sc2NC(=O)OC(C)(C)C)c1[C@@]12CCC(=NC(=O)OC(C)(C)C)[C@@H](CC1)O2. The van der Waals surface area contributed by atoms with Gasteiger partial charge in [-0.3, -0.25) is 14.8 Å². The Morgan fingerprint density at radius 2 is 1.85 bits per heavy atom. The second-order valence-electron chi connectivity index (χ2n) is 11.5. The summed E-state index contributed by atoms with van der Waals surface area (Å²) in [6.07, 6.45) is 2.36. The predicted octanol–water partition coefficient (Wildman–Crippen LogP) is 5.78. The summed E-state index contributed by atoms with van der Waals surface area (Å²) in [6, 6.07) is 0. The number of ether oxygens (including phenoxy) is 3. The fourth-order valence-corrected chi connectivity index (χ4v) is 6.00. The monoisotopic (exact) mass is 624 g/mol. The third kappa shape index (κ3) is 6.84. The van der Waals surface area contributed by atoms with Gasteiger partial charge in [-0.2, -0.15) is 10.1 Å². The zero-order valence-corrected chi connectivity index (χ0v) is 25.4. The van der Waals surface area contributed by atoms with Crippen LogP contribution in [0.15, 0.2) is 15.1 Å². The van der Waals surface area contributed by atoms with Crippen molar-refractivity contribution in [2.45, 2.75) is 90.1 Å². The van der Waals surface area contributed by atoms with Gasteiger partial charge in [0.25, 0.3) is 5.91 Å². The number of anilines is 2. The van der Waals surface area contributed by atoms with Crippen molar-refractivity contribution in [2.24, 2.45) is 12.0 Å². The van der Waals surface area contributed by atoms with E-state index >= 15 is 0 Å². The van der Waals surface area contributed by atoms with E-state index < -0.39 is 34.9 Å². The van der Waals surface area contributed by atoms with Gasteiger partial charge in [0.2, 0.25) is 0 Å². The number of thiazole rings is 1. The topological polar surface area (TPSA) is 146 Å². The number of nitrogens with zero attached hydrogens (tertiary/aromatic N) is 4. The Morgan fingerprint density at radius 1 is 1.15 bits per heavy atom. The Bertz CT molecular complexity index is 1320. The maximum atomic E-state index is 13.3. The summed E-state index contributed by atoms with van der Waals surface area (Å²) in [5.74, 6) is -0.522. The molecule has 0 unspecified atom stereocenters. The highest BCUT2D eigenvalue weighted by Crippen LogP contribution is 2.49. The molecule has 39 heavy (non-hydrogen) atoms. The number of hydrogen-bond acceptors (Lipinski definition) is 9. The van der Waals surface area contributed by atoms with Crippen molar-refractivity contribution < 1.29 is 28.6 Å². The fraction of sp³-hybridized carbons (Fsp3) is 0.600. The molecule has 0 aromatic carbocycles. The van der Waals surface area contributed by atoms with Gasteiger partial charge in [-0.05, 0) is 83.2 Å². The Balaban J connectivity index is 1.52. The molecule has 4 rings (SSSR count). The number of hydrogen-bond donors (Lipinski definition) is 2. The van der Waals surface area contributed by atoms with E-state index in [0.29, 0.717) is 46.7 Å². The molecule has 0 spiro atoms. The van der Waals surface area contributed by atoms with E-state index in [1.807, 2.05) is 0 Å². The molecule has 14 heteroatoms. The minimum atomic E-state index is -0.703. The van der Waals surface area contributed by atoms with Crippen molar-refractivity contribution in [1.82, 2.24) is 14.8 Å². The number of rotatable bonds is 4. The molecule has 2 aromatic rings. The van der Waals surface area contributed by atoms with Gasteiger partial charge in [0, 0.05) is 7.05 Å². The molecule has 212 valence electrons. The first-order chi connectivity index (χ1) is 18.1. The maximum absolute atomic E-state index is 13.3. The van der Waals surface area contributed by atoms with Crippen molar-refractivity contribution in [3.63, 3.8) is 0 Å². The van der Waals surface area contributed by atoms with Gasteiger partial charge in [-0.15, -0.1) is 0 Å². The maximum Gasteiger partial charge on any atom is 0.434 e. The van der Waals surface area contributed by atoms with E-state index in [1.54, 1.807) is 59.5 Å². The molecule has 2 aliphatic heterocycles. The van der Waals surface area contributed by atoms with Gasteiger partial charge in [-0.1, -0.05) is 11.3 Å². The first-order valence-electron chi connectivity index (χ1n) is 12.5. The highest BCUT2D eigenvalue weighted by atomic mass is 79.9. The summed E-state index contributed by atoms with van der Waals surface area (Å²) >= 11 is 4.39. The van der Waals surface area contributed by atoms with Crippen LogP contribution < -0.4 is 10.6 Å². The highest BCUT2D eigenvalue weighted by Gasteiger charge is 2.50. The molecule has 0 radical (unpaired) electrons.